The molecular weight excluding hydrogens is 331 g/mol. The van der Waals surface area contributed by atoms with Gasteiger partial charge in [0.1, 0.15) is 10.7 Å². The van der Waals surface area contributed by atoms with Gasteiger partial charge in [0, 0.05) is 12.5 Å². The van der Waals surface area contributed by atoms with Crippen LogP contribution in [-0.4, -0.2) is 28.0 Å². The Morgan fingerprint density at radius 2 is 1.92 bits per heavy atom. The number of aromatic nitrogens is 1. The van der Waals surface area contributed by atoms with Crippen LogP contribution in [0.1, 0.15) is 39.8 Å². The molecule has 5 nitrogen and oxygen atoms in total. The Kier molecular flexibility index (Phi) is 5.66. The molecule has 0 aliphatic rings. The zero-order chi connectivity index (χ0) is 17.9. The van der Waals surface area contributed by atoms with Crippen LogP contribution in [0.2, 0.25) is 0 Å². The molecule has 0 bridgehead atoms. The Labute approximate surface area is 143 Å². The van der Waals surface area contributed by atoms with Crippen molar-refractivity contribution >= 4 is 23.2 Å². The van der Waals surface area contributed by atoms with E-state index in [-0.39, 0.29) is 11.7 Å². The van der Waals surface area contributed by atoms with Gasteiger partial charge in [-0.3, -0.25) is 9.59 Å². The summed E-state index contributed by atoms with van der Waals surface area (Å²) in [5, 5.41) is 12.4. The zero-order valence-electron chi connectivity index (χ0n) is 13.7. The SMILES string of the molecule is Cc1nc(Cc2ccc(F)cc2)sc1C(=O)NC(C)C(C)C(=O)O. The second-order valence-corrected chi connectivity index (χ2v) is 6.80. The third kappa shape index (κ3) is 4.38. The lowest BCUT2D eigenvalue weighted by atomic mass is 10.0. The molecule has 0 radical (unpaired) electrons. The minimum atomic E-state index is -0.958. The first-order valence-electron chi connectivity index (χ1n) is 7.52. The van der Waals surface area contributed by atoms with Gasteiger partial charge in [0.15, 0.2) is 0 Å². The molecule has 1 aromatic heterocycles. The molecule has 0 saturated carbocycles. The number of amides is 1. The van der Waals surface area contributed by atoms with Crippen molar-refractivity contribution in [3.8, 4) is 0 Å². The number of hydrogen-bond donors (Lipinski definition) is 2. The van der Waals surface area contributed by atoms with Crippen molar-refractivity contribution in [3.63, 3.8) is 0 Å². The number of rotatable bonds is 6. The van der Waals surface area contributed by atoms with Crippen LogP contribution < -0.4 is 5.32 Å². The van der Waals surface area contributed by atoms with Crippen molar-refractivity contribution in [3.05, 3.63) is 51.2 Å². The first-order chi connectivity index (χ1) is 11.3. The predicted octanol–water partition coefficient (Wildman–Crippen LogP) is 3.02. The zero-order valence-corrected chi connectivity index (χ0v) is 14.5. The number of carbonyl (C=O) groups excluding carboxylic acids is 1. The van der Waals surface area contributed by atoms with Crippen molar-refractivity contribution in [2.75, 3.05) is 0 Å². The van der Waals surface area contributed by atoms with Crippen molar-refractivity contribution in [1.29, 1.82) is 0 Å². The molecule has 2 atom stereocenters. The number of carboxylic acid groups (broad SMARTS) is 1. The van der Waals surface area contributed by atoms with E-state index >= 15 is 0 Å². The predicted molar refractivity (Wildman–Crippen MR) is 89.8 cm³/mol. The second kappa shape index (κ2) is 7.53. The van der Waals surface area contributed by atoms with Gasteiger partial charge in [-0.1, -0.05) is 12.1 Å². The van der Waals surface area contributed by atoms with Gasteiger partial charge in [0.25, 0.3) is 5.91 Å². The summed E-state index contributed by atoms with van der Waals surface area (Å²) in [6.45, 7) is 4.95. The van der Waals surface area contributed by atoms with Gasteiger partial charge in [-0.25, -0.2) is 9.37 Å². The number of nitrogens with one attached hydrogen (secondary N) is 1. The van der Waals surface area contributed by atoms with E-state index < -0.39 is 17.9 Å². The van der Waals surface area contributed by atoms with Crippen LogP contribution in [0.25, 0.3) is 0 Å². The van der Waals surface area contributed by atoms with Crippen LogP contribution in [0.5, 0.6) is 0 Å². The summed E-state index contributed by atoms with van der Waals surface area (Å²) in [6, 6.07) is 5.65. The number of thiazole rings is 1. The van der Waals surface area contributed by atoms with Gasteiger partial charge in [0.2, 0.25) is 0 Å². The van der Waals surface area contributed by atoms with Crippen molar-refractivity contribution < 1.29 is 19.1 Å². The summed E-state index contributed by atoms with van der Waals surface area (Å²) in [5.41, 5.74) is 1.51. The minimum Gasteiger partial charge on any atom is -0.481 e. The second-order valence-electron chi connectivity index (χ2n) is 5.71. The first kappa shape index (κ1) is 18.1. The first-order valence-corrected chi connectivity index (χ1v) is 8.34. The lowest BCUT2D eigenvalue weighted by Gasteiger charge is -2.17. The summed E-state index contributed by atoms with van der Waals surface area (Å²) in [4.78, 5) is 28.2. The van der Waals surface area contributed by atoms with E-state index in [1.165, 1.54) is 23.5 Å². The van der Waals surface area contributed by atoms with E-state index in [0.717, 1.165) is 10.6 Å². The van der Waals surface area contributed by atoms with Crippen LogP contribution >= 0.6 is 11.3 Å². The van der Waals surface area contributed by atoms with Gasteiger partial charge < -0.3 is 10.4 Å². The molecule has 24 heavy (non-hydrogen) atoms. The Bertz CT molecular complexity index is 743. The summed E-state index contributed by atoms with van der Waals surface area (Å²) < 4.78 is 12.9. The Balaban J connectivity index is 2.09. The quantitative estimate of drug-likeness (QED) is 0.839. The van der Waals surface area contributed by atoms with Crippen LogP contribution in [0.3, 0.4) is 0 Å². The topological polar surface area (TPSA) is 79.3 Å². The standard InChI is InChI=1S/C17H19FN2O3S/c1-9(17(22)23)10(2)20-16(21)15-11(3)19-14(24-15)8-12-4-6-13(18)7-5-12/h4-7,9-10H,8H2,1-3H3,(H,20,21)(H,22,23). The highest BCUT2D eigenvalue weighted by atomic mass is 32.1. The molecule has 0 spiro atoms. The highest BCUT2D eigenvalue weighted by Gasteiger charge is 2.23. The highest BCUT2D eigenvalue weighted by Crippen LogP contribution is 2.21. The van der Waals surface area contributed by atoms with E-state index in [1.807, 2.05) is 0 Å². The molecule has 2 unspecified atom stereocenters. The summed E-state index contributed by atoms with van der Waals surface area (Å²) in [7, 11) is 0. The highest BCUT2D eigenvalue weighted by molar-refractivity contribution is 7.13. The van der Waals surface area contributed by atoms with Gasteiger partial charge in [-0.2, -0.15) is 0 Å². The summed E-state index contributed by atoms with van der Waals surface area (Å²) >= 11 is 1.26. The Morgan fingerprint density at radius 3 is 2.50 bits per heavy atom. The maximum absolute atomic E-state index is 12.9. The number of aliphatic carboxylic acids is 1. The van der Waals surface area contributed by atoms with E-state index in [2.05, 4.69) is 10.3 Å². The van der Waals surface area contributed by atoms with Gasteiger partial charge in [0.05, 0.1) is 16.6 Å². The molecule has 1 aromatic carbocycles. The fourth-order valence-corrected chi connectivity index (χ4v) is 3.13. The third-order valence-corrected chi connectivity index (χ3v) is 4.97. The fraction of sp³-hybridized carbons (Fsp3) is 0.353. The van der Waals surface area contributed by atoms with Crippen LogP contribution in [-0.2, 0) is 11.2 Å². The van der Waals surface area contributed by atoms with E-state index in [0.29, 0.717) is 17.0 Å². The fourth-order valence-electron chi connectivity index (χ4n) is 2.13. The average Bonchev–Trinajstić information content (AvgIpc) is 2.89. The molecule has 0 aliphatic heterocycles. The van der Waals surface area contributed by atoms with Crippen molar-refractivity contribution in [2.24, 2.45) is 5.92 Å². The van der Waals surface area contributed by atoms with E-state index in [1.54, 1.807) is 32.9 Å². The van der Waals surface area contributed by atoms with E-state index in [9.17, 15) is 14.0 Å². The van der Waals surface area contributed by atoms with E-state index in [4.69, 9.17) is 5.11 Å². The maximum Gasteiger partial charge on any atom is 0.308 e. The lowest BCUT2D eigenvalue weighted by molar-refractivity contribution is -0.141. The van der Waals surface area contributed by atoms with Crippen molar-refractivity contribution in [2.45, 2.75) is 33.2 Å². The summed E-state index contributed by atoms with van der Waals surface area (Å²) in [5.74, 6) is -2.26. The smallest absolute Gasteiger partial charge is 0.308 e. The lowest BCUT2D eigenvalue weighted by Crippen LogP contribution is -2.39. The summed E-state index contributed by atoms with van der Waals surface area (Å²) in [6.07, 6.45) is 0.514. The number of nitrogens with zero attached hydrogens (tertiary/aromatic N) is 1. The van der Waals surface area contributed by atoms with Gasteiger partial charge in [-0.05, 0) is 38.5 Å². The van der Waals surface area contributed by atoms with Gasteiger partial charge >= 0.3 is 5.97 Å². The molecule has 2 aromatic rings. The Hall–Kier alpha value is -2.28. The number of aryl methyl sites for hydroxylation is 1. The number of hydrogen-bond acceptors (Lipinski definition) is 4. The average molecular weight is 350 g/mol. The molecule has 128 valence electrons. The molecule has 2 rings (SSSR count). The molecule has 1 amide bonds. The molecule has 1 heterocycles. The normalized spacial score (nSPS) is 13.3. The molecule has 0 saturated heterocycles. The van der Waals surface area contributed by atoms with Crippen LogP contribution in [0, 0.1) is 18.7 Å². The number of halogens is 1. The molecule has 7 heteroatoms. The molecular formula is C17H19FN2O3S. The molecule has 0 aliphatic carbocycles. The number of carbonyl (C=O) groups is 2. The van der Waals surface area contributed by atoms with Crippen molar-refractivity contribution in [1.82, 2.24) is 10.3 Å². The monoisotopic (exact) mass is 350 g/mol. The third-order valence-electron chi connectivity index (χ3n) is 3.81. The van der Waals surface area contributed by atoms with Crippen LogP contribution in [0.15, 0.2) is 24.3 Å². The number of benzene rings is 1. The van der Waals surface area contributed by atoms with Gasteiger partial charge in [-0.15, -0.1) is 11.3 Å². The largest absolute Gasteiger partial charge is 0.481 e. The minimum absolute atomic E-state index is 0.296. The molecule has 2 N–H and O–H groups in total. The van der Waals surface area contributed by atoms with Crippen LogP contribution in [0.4, 0.5) is 4.39 Å². The molecule has 0 fully saturated rings. The number of carboxylic acids is 1. The maximum atomic E-state index is 12.9. The Morgan fingerprint density at radius 1 is 1.29 bits per heavy atom.